The van der Waals surface area contributed by atoms with Crippen LogP contribution in [0.2, 0.25) is 0 Å². The van der Waals surface area contributed by atoms with Gasteiger partial charge in [0.15, 0.2) is 0 Å². The van der Waals surface area contributed by atoms with Gasteiger partial charge < -0.3 is 5.32 Å². The SMILES string of the molecule is CCC(=O)CCCCCCCCCCCNC=O. The lowest BCUT2D eigenvalue weighted by Gasteiger charge is -2.02. The van der Waals surface area contributed by atoms with Crippen LogP contribution in [0.3, 0.4) is 0 Å². The largest absolute Gasteiger partial charge is 0.359 e. The van der Waals surface area contributed by atoms with Crippen molar-refractivity contribution < 1.29 is 9.59 Å². The maximum Gasteiger partial charge on any atom is 0.207 e. The Morgan fingerprint density at radius 1 is 0.889 bits per heavy atom. The van der Waals surface area contributed by atoms with Crippen LogP contribution in [-0.4, -0.2) is 18.7 Å². The first-order chi connectivity index (χ1) is 8.81. The highest BCUT2D eigenvalue weighted by Crippen LogP contribution is 2.10. The summed E-state index contributed by atoms with van der Waals surface area (Å²) in [5.41, 5.74) is 0. The molecule has 3 nitrogen and oxygen atoms in total. The molecule has 0 fully saturated rings. The van der Waals surface area contributed by atoms with Gasteiger partial charge in [-0.1, -0.05) is 51.9 Å². The van der Waals surface area contributed by atoms with Gasteiger partial charge in [-0.25, -0.2) is 0 Å². The molecule has 0 saturated carbocycles. The van der Waals surface area contributed by atoms with Crippen molar-refractivity contribution >= 4 is 12.2 Å². The number of nitrogens with one attached hydrogen (secondary N) is 1. The third kappa shape index (κ3) is 13.2. The lowest BCUT2D eigenvalue weighted by molar-refractivity contribution is -0.118. The van der Waals surface area contributed by atoms with E-state index in [-0.39, 0.29) is 0 Å². The zero-order valence-corrected chi connectivity index (χ0v) is 11.9. The minimum atomic E-state index is 0.402. The van der Waals surface area contributed by atoms with E-state index in [1.54, 1.807) is 0 Å². The molecule has 0 atom stereocenters. The number of hydrogen-bond acceptors (Lipinski definition) is 2. The van der Waals surface area contributed by atoms with Gasteiger partial charge in [-0.3, -0.25) is 9.59 Å². The van der Waals surface area contributed by atoms with Gasteiger partial charge in [0.1, 0.15) is 5.78 Å². The molecule has 0 aliphatic heterocycles. The van der Waals surface area contributed by atoms with Gasteiger partial charge in [-0.05, 0) is 12.8 Å². The van der Waals surface area contributed by atoms with Crippen molar-refractivity contribution in [2.45, 2.75) is 77.6 Å². The van der Waals surface area contributed by atoms with Crippen LogP contribution >= 0.6 is 0 Å². The highest BCUT2D eigenvalue weighted by Gasteiger charge is 1.97. The Morgan fingerprint density at radius 3 is 1.89 bits per heavy atom. The first kappa shape index (κ1) is 17.1. The third-order valence-corrected chi connectivity index (χ3v) is 3.25. The summed E-state index contributed by atoms with van der Waals surface area (Å²) < 4.78 is 0. The summed E-state index contributed by atoms with van der Waals surface area (Å²) in [6.45, 7) is 2.75. The van der Waals surface area contributed by atoms with E-state index >= 15 is 0 Å². The molecular weight excluding hydrogens is 226 g/mol. The van der Waals surface area contributed by atoms with Crippen LogP contribution in [0, 0.1) is 0 Å². The average molecular weight is 255 g/mol. The molecule has 0 aromatic rings. The lowest BCUT2D eigenvalue weighted by atomic mass is 10.0. The fourth-order valence-corrected chi connectivity index (χ4v) is 2.02. The van der Waals surface area contributed by atoms with E-state index in [0.29, 0.717) is 12.2 Å². The van der Waals surface area contributed by atoms with Gasteiger partial charge in [-0.2, -0.15) is 0 Å². The predicted molar refractivity (Wildman–Crippen MR) is 75.5 cm³/mol. The van der Waals surface area contributed by atoms with E-state index in [4.69, 9.17) is 0 Å². The molecule has 1 N–H and O–H groups in total. The number of carbonyl (C=O) groups is 2. The minimum Gasteiger partial charge on any atom is -0.359 e. The van der Waals surface area contributed by atoms with Crippen molar-refractivity contribution in [1.29, 1.82) is 0 Å². The van der Waals surface area contributed by atoms with Gasteiger partial charge >= 0.3 is 0 Å². The molecular formula is C15H29NO2. The smallest absolute Gasteiger partial charge is 0.207 e. The normalized spacial score (nSPS) is 10.3. The Labute approximate surface area is 112 Å². The highest BCUT2D eigenvalue weighted by atomic mass is 16.1. The fourth-order valence-electron chi connectivity index (χ4n) is 2.02. The quantitative estimate of drug-likeness (QED) is 0.381. The molecule has 0 radical (unpaired) electrons. The van der Waals surface area contributed by atoms with E-state index < -0.39 is 0 Å². The number of rotatable bonds is 14. The summed E-state index contributed by atoms with van der Waals surface area (Å²) in [6, 6.07) is 0. The van der Waals surface area contributed by atoms with Crippen LogP contribution in [0.5, 0.6) is 0 Å². The molecule has 18 heavy (non-hydrogen) atoms. The first-order valence-electron chi connectivity index (χ1n) is 7.50. The Balaban J connectivity index is 2.98. The van der Waals surface area contributed by atoms with Gasteiger partial charge in [0.05, 0.1) is 0 Å². The maximum atomic E-state index is 11.1. The van der Waals surface area contributed by atoms with E-state index in [2.05, 4.69) is 5.32 Å². The van der Waals surface area contributed by atoms with Crippen molar-refractivity contribution in [3.63, 3.8) is 0 Å². The molecule has 0 rings (SSSR count). The predicted octanol–water partition coefficient (Wildman–Crippen LogP) is 3.61. The number of ketones is 1. The summed E-state index contributed by atoms with van der Waals surface area (Å²) >= 11 is 0. The topological polar surface area (TPSA) is 46.2 Å². The number of carbonyl (C=O) groups excluding carboxylic acids is 2. The maximum absolute atomic E-state index is 11.1. The summed E-state index contributed by atoms with van der Waals surface area (Å²) in [7, 11) is 0. The second-order valence-electron chi connectivity index (χ2n) is 4.90. The zero-order chi connectivity index (χ0) is 13.5. The number of unbranched alkanes of at least 4 members (excludes halogenated alkanes) is 8. The summed E-state index contributed by atoms with van der Waals surface area (Å²) in [5, 5.41) is 2.68. The van der Waals surface area contributed by atoms with Crippen molar-refractivity contribution in [2.75, 3.05) is 6.54 Å². The van der Waals surface area contributed by atoms with Crippen LogP contribution in [0.25, 0.3) is 0 Å². The molecule has 3 heteroatoms. The molecule has 0 aliphatic rings. The third-order valence-electron chi connectivity index (χ3n) is 3.25. The molecule has 0 aromatic carbocycles. The average Bonchev–Trinajstić information content (AvgIpc) is 2.39. The van der Waals surface area contributed by atoms with E-state index in [0.717, 1.165) is 32.2 Å². The Morgan fingerprint density at radius 2 is 1.39 bits per heavy atom. The van der Waals surface area contributed by atoms with Crippen molar-refractivity contribution in [2.24, 2.45) is 0 Å². The molecule has 1 amide bonds. The minimum absolute atomic E-state index is 0.402. The van der Waals surface area contributed by atoms with Crippen LogP contribution in [0.1, 0.15) is 77.6 Å². The van der Waals surface area contributed by atoms with Crippen LogP contribution < -0.4 is 5.32 Å². The van der Waals surface area contributed by atoms with E-state index in [1.165, 1.54) is 44.9 Å². The van der Waals surface area contributed by atoms with Gasteiger partial charge in [0.25, 0.3) is 0 Å². The van der Waals surface area contributed by atoms with Crippen molar-refractivity contribution in [1.82, 2.24) is 5.32 Å². The molecule has 0 unspecified atom stereocenters. The number of amides is 1. The van der Waals surface area contributed by atoms with Crippen LogP contribution in [0.4, 0.5) is 0 Å². The standard InChI is InChI=1S/C15H29NO2/c1-2-15(18)12-10-8-6-4-3-5-7-9-11-13-16-14-17/h14H,2-13H2,1H3,(H,16,17). The fraction of sp³-hybridized carbons (Fsp3) is 0.867. The molecule has 0 bridgehead atoms. The van der Waals surface area contributed by atoms with Crippen LogP contribution in [-0.2, 0) is 9.59 Å². The molecule has 106 valence electrons. The first-order valence-corrected chi connectivity index (χ1v) is 7.50. The molecule has 0 aromatic heterocycles. The highest BCUT2D eigenvalue weighted by molar-refractivity contribution is 5.77. The Bertz CT molecular complexity index is 205. The summed E-state index contributed by atoms with van der Waals surface area (Å²) in [4.78, 5) is 21.1. The van der Waals surface area contributed by atoms with Gasteiger partial charge in [0.2, 0.25) is 6.41 Å². The van der Waals surface area contributed by atoms with Gasteiger partial charge in [0, 0.05) is 19.4 Å². The monoisotopic (exact) mass is 255 g/mol. The Kier molecular flexibility index (Phi) is 13.5. The van der Waals surface area contributed by atoms with Crippen molar-refractivity contribution in [3.05, 3.63) is 0 Å². The van der Waals surface area contributed by atoms with Gasteiger partial charge in [-0.15, -0.1) is 0 Å². The molecule has 0 heterocycles. The summed E-state index contributed by atoms with van der Waals surface area (Å²) in [5.74, 6) is 0.402. The molecule has 0 aliphatic carbocycles. The second-order valence-corrected chi connectivity index (χ2v) is 4.90. The summed E-state index contributed by atoms with van der Waals surface area (Å²) in [6.07, 6.45) is 13.3. The zero-order valence-electron chi connectivity index (χ0n) is 11.9. The van der Waals surface area contributed by atoms with E-state index in [1.807, 2.05) is 6.92 Å². The lowest BCUT2D eigenvalue weighted by Crippen LogP contribution is -2.11. The van der Waals surface area contributed by atoms with E-state index in [9.17, 15) is 9.59 Å². The second kappa shape index (κ2) is 14.2. The van der Waals surface area contributed by atoms with Crippen molar-refractivity contribution in [3.8, 4) is 0 Å². The molecule has 0 spiro atoms. The number of hydrogen-bond donors (Lipinski definition) is 1. The number of Topliss-reactive ketones (excluding diaryl/α,β-unsaturated/α-hetero) is 1. The Hall–Kier alpha value is -0.860. The molecule has 0 saturated heterocycles. The van der Waals surface area contributed by atoms with Crippen LogP contribution in [0.15, 0.2) is 0 Å².